The van der Waals surface area contributed by atoms with E-state index in [1.807, 2.05) is 0 Å². The Labute approximate surface area is 116 Å². The molecule has 7 heteroatoms. The maximum atomic E-state index is 12.0. The van der Waals surface area contributed by atoms with Crippen LogP contribution in [0.2, 0.25) is 0 Å². The molecule has 2 amide bonds. The molecule has 1 saturated carbocycles. The number of hydrogen-bond donors (Lipinski definition) is 3. The van der Waals surface area contributed by atoms with Gasteiger partial charge in [0.1, 0.15) is 17.9 Å². The molecule has 2 rings (SSSR count). The van der Waals surface area contributed by atoms with Crippen LogP contribution in [-0.2, 0) is 19.2 Å². The number of rotatable bonds is 4. The molecule has 2 fully saturated rings. The van der Waals surface area contributed by atoms with Gasteiger partial charge in [-0.3, -0.25) is 14.4 Å². The van der Waals surface area contributed by atoms with Gasteiger partial charge < -0.3 is 15.7 Å². The van der Waals surface area contributed by atoms with Crippen LogP contribution in [0.3, 0.4) is 0 Å². The average Bonchev–Trinajstić information content (AvgIpc) is 2.82. The average molecular weight is 282 g/mol. The maximum Gasteiger partial charge on any atom is 0.326 e. The fourth-order valence-corrected chi connectivity index (χ4v) is 2.79. The van der Waals surface area contributed by atoms with Crippen molar-refractivity contribution in [2.24, 2.45) is 5.92 Å². The predicted molar refractivity (Wildman–Crippen MR) is 67.7 cm³/mol. The first kappa shape index (κ1) is 14.5. The van der Waals surface area contributed by atoms with E-state index in [1.54, 1.807) is 0 Å². The lowest BCUT2D eigenvalue weighted by Crippen LogP contribution is -2.52. The van der Waals surface area contributed by atoms with Gasteiger partial charge in [0.2, 0.25) is 11.8 Å². The molecule has 110 valence electrons. The summed E-state index contributed by atoms with van der Waals surface area (Å²) in [5.74, 6) is -2.15. The summed E-state index contributed by atoms with van der Waals surface area (Å²) in [7, 11) is 0. The van der Waals surface area contributed by atoms with Crippen molar-refractivity contribution in [3.05, 3.63) is 0 Å². The Bertz CT molecular complexity index is 448. The van der Waals surface area contributed by atoms with E-state index in [1.165, 1.54) is 0 Å². The summed E-state index contributed by atoms with van der Waals surface area (Å²) >= 11 is 0. The summed E-state index contributed by atoms with van der Waals surface area (Å²) in [6.07, 6.45) is 2.59. The molecule has 0 aromatic heterocycles. The third-order valence-electron chi connectivity index (χ3n) is 3.87. The second kappa shape index (κ2) is 6.02. The summed E-state index contributed by atoms with van der Waals surface area (Å²) in [6, 6.07) is -1.73. The number of carbonyl (C=O) groups is 4. The van der Waals surface area contributed by atoms with Crippen LogP contribution in [0.5, 0.6) is 0 Å². The molecule has 0 spiro atoms. The van der Waals surface area contributed by atoms with Gasteiger partial charge in [-0.05, 0) is 25.2 Å². The van der Waals surface area contributed by atoms with Gasteiger partial charge in [-0.15, -0.1) is 0 Å². The number of nitrogens with one attached hydrogen (secondary N) is 2. The first-order valence-electron chi connectivity index (χ1n) is 6.81. The number of hydrogen-bond acceptors (Lipinski definition) is 4. The normalized spacial score (nSPS) is 27.8. The quantitative estimate of drug-likeness (QED) is 0.649. The Hall–Kier alpha value is -1.92. The lowest BCUT2D eigenvalue weighted by atomic mass is 9.83. The van der Waals surface area contributed by atoms with Crippen molar-refractivity contribution < 1.29 is 24.3 Å². The zero-order valence-corrected chi connectivity index (χ0v) is 11.1. The van der Waals surface area contributed by atoms with E-state index in [0.717, 1.165) is 0 Å². The first-order valence-corrected chi connectivity index (χ1v) is 6.81. The predicted octanol–water partition coefficient (Wildman–Crippen LogP) is -0.406. The Balaban J connectivity index is 1.98. The van der Waals surface area contributed by atoms with E-state index in [9.17, 15) is 24.3 Å². The summed E-state index contributed by atoms with van der Waals surface area (Å²) in [4.78, 5) is 45.8. The summed E-state index contributed by atoms with van der Waals surface area (Å²) in [5, 5.41) is 14.2. The van der Waals surface area contributed by atoms with Gasteiger partial charge in [0, 0.05) is 19.3 Å². The fourth-order valence-electron chi connectivity index (χ4n) is 2.79. The SMILES string of the molecule is O=C1CCC[C@H]([C@@H](NC(=O)[C@@H]2CCC(=O)N2)C(=O)O)C1. The number of aliphatic carboxylic acids is 1. The number of amides is 2. The molecule has 0 aromatic rings. The highest BCUT2D eigenvalue weighted by Crippen LogP contribution is 2.25. The second-order valence-electron chi connectivity index (χ2n) is 5.38. The van der Waals surface area contributed by atoms with Crippen molar-refractivity contribution in [2.45, 2.75) is 50.6 Å². The Morgan fingerprint density at radius 3 is 2.55 bits per heavy atom. The monoisotopic (exact) mass is 282 g/mol. The molecule has 20 heavy (non-hydrogen) atoms. The van der Waals surface area contributed by atoms with Crippen LogP contribution in [-0.4, -0.2) is 40.8 Å². The minimum Gasteiger partial charge on any atom is -0.480 e. The van der Waals surface area contributed by atoms with E-state index >= 15 is 0 Å². The third kappa shape index (κ3) is 3.34. The molecule has 3 N–H and O–H groups in total. The zero-order chi connectivity index (χ0) is 14.7. The van der Waals surface area contributed by atoms with Crippen LogP contribution in [0.25, 0.3) is 0 Å². The first-order chi connectivity index (χ1) is 9.47. The van der Waals surface area contributed by atoms with Gasteiger partial charge >= 0.3 is 5.97 Å². The zero-order valence-electron chi connectivity index (χ0n) is 11.1. The largest absolute Gasteiger partial charge is 0.480 e. The minimum atomic E-state index is -1.14. The molecule has 3 atom stereocenters. The Morgan fingerprint density at radius 1 is 1.25 bits per heavy atom. The van der Waals surface area contributed by atoms with Crippen LogP contribution >= 0.6 is 0 Å². The molecule has 1 aliphatic carbocycles. The number of ketones is 1. The van der Waals surface area contributed by atoms with Crippen molar-refractivity contribution in [2.75, 3.05) is 0 Å². The number of carboxylic acid groups (broad SMARTS) is 1. The summed E-state index contributed by atoms with van der Waals surface area (Å²) < 4.78 is 0. The molecule has 0 bridgehead atoms. The maximum absolute atomic E-state index is 12.0. The molecule has 1 aliphatic heterocycles. The van der Waals surface area contributed by atoms with Crippen LogP contribution in [0.15, 0.2) is 0 Å². The highest BCUT2D eigenvalue weighted by molar-refractivity contribution is 5.93. The van der Waals surface area contributed by atoms with E-state index in [4.69, 9.17) is 0 Å². The van der Waals surface area contributed by atoms with Crippen molar-refractivity contribution in [3.63, 3.8) is 0 Å². The molecule has 1 saturated heterocycles. The lowest BCUT2D eigenvalue weighted by molar-refractivity contribution is -0.144. The van der Waals surface area contributed by atoms with E-state index in [2.05, 4.69) is 10.6 Å². The van der Waals surface area contributed by atoms with E-state index in [-0.39, 0.29) is 30.4 Å². The Morgan fingerprint density at radius 2 is 2.00 bits per heavy atom. The van der Waals surface area contributed by atoms with Crippen LogP contribution < -0.4 is 10.6 Å². The van der Waals surface area contributed by atoms with Crippen LogP contribution in [0.4, 0.5) is 0 Å². The lowest BCUT2D eigenvalue weighted by Gasteiger charge is -2.28. The van der Waals surface area contributed by atoms with Crippen LogP contribution in [0, 0.1) is 5.92 Å². The van der Waals surface area contributed by atoms with Crippen molar-refractivity contribution in [1.82, 2.24) is 10.6 Å². The number of Topliss-reactive ketones (excluding diaryl/α,β-unsaturated/α-hetero) is 1. The number of carbonyl (C=O) groups excluding carboxylic acids is 3. The van der Waals surface area contributed by atoms with Crippen molar-refractivity contribution in [3.8, 4) is 0 Å². The van der Waals surface area contributed by atoms with Gasteiger partial charge in [0.25, 0.3) is 0 Å². The van der Waals surface area contributed by atoms with Gasteiger partial charge in [0.05, 0.1) is 0 Å². The molecule has 0 radical (unpaired) electrons. The topological polar surface area (TPSA) is 113 Å². The van der Waals surface area contributed by atoms with Gasteiger partial charge in [-0.1, -0.05) is 0 Å². The van der Waals surface area contributed by atoms with Crippen LogP contribution in [0.1, 0.15) is 38.5 Å². The van der Waals surface area contributed by atoms with Crippen molar-refractivity contribution >= 4 is 23.6 Å². The van der Waals surface area contributed by atoms with Gasteiger partial charge in [-0.2, -0.15) is 0 Å². The standard InChI is InChI=1S/C13H18N2O5/c16-8-3-1-2-7(6-8)11(13(19)20)15-12(18)9-4-5-10(17)14-9/h7,9,11H,1-6H2,(H,14,17)(H,15,18)(H,19,20)/t7-,9-,11+/m0/s1. The fraction of sp³-hybridized carbons (Fsp3) is 0.692. The molecule has 0 aromatic carbocycles. The molecule has 1 heterocycles. The highest BCUT2D eigenvalue weighted by Gasteiger charge is 2.36. The third-order valence-corrected chi connectivity index (χ3v) is 3.87. The van der Waals surface area contributed by atoms with Gasteiger partial charge in [-0.25, -0.2) is 4.79 Å². The molecular weight excluding hydrogens is 264 g/mol. The Kier molecular flexibility index (Phi) is 4.36. The summed E-state index contributed by atoms with van der Waals surface area (Å²) in [5.41, 5.74) is 0. The summed E-state index contributed by atoms with van der Waals surface area (Å²) in [6.45, 7) is 0. The van der Waals surface area contributed by atoms with E-state index in [0.29, 0.717) is 25.7 Å². The smallest absolute Gasteiger partial charge is 0.326 e. The molecule has 7 nitrogen and oxygen atoms in total. The second-order valence-corrected chi connectivity index (χ2v) is 5.38. The van der Waals surface area contributed by atoms with Crippen molar-refractivity contribution in [1.29, 1.82) is 0 Å². The number of carboxylic acids is 1. The molecule has 0 unspecified atom stereocenters. The minimum absolute atomic E-state index is 0.0379. The van der Waals surface area contributed by atoms with E-state index < -0.39 is 24.0 Å². The molecular formula is C13H18N2O5. The van der Waals surface area contributed by atoms with Gasteiger partial charge in [0.15, 0.2) is 0 Å². The molecule has 2 aliphatic rings. The highest BCUT2D eigenvalue weighted by atomic mass is 16.4.